The molecule has 0 aliphatic carbocycles. The van der Waals surface area contributed by atoms with Crippen LogP contribution in [0.2, 0.25) is 0 Å². The fraction of sp³-hybridized carbons (Fsp3) is 0.100. The second kappa shape index (κ2) is 8.44. The summed E-state index contributed by atoms with van der Waals surface area (Å²) in [4.78, 5) is 0. The maximum absolute atomic E-state index is 12.2. The van der Waals surface area contributed by atoms with Crippen molar-refractivity contribution in [1.29, 1.82) is 0 Å². The molecular formula is C20H14F6N2O2. The summed E-state index contributed by atoms with van der Waals surface area (Å²) in [7, 11) is 0. The second-order valence-electron chi connectivity index (χ2n) is 5.97. The predicted molar refractivity (Wildman–Crippen MR) is 99.3 cm³/mol. The molecule has 0 bridgehead atoms. The van der Waals surface area contributed by atoms with Crippen LogP contribution in [0.5, 0.6) is 11.5 Å². The molecule has 0 radical (unpaired) electrons. The van der Waals surface area contributed by atoms with Crippen LogP contribution >= 0.6 is 0 Å². The third kappa shape index (κ3) is 6.80. The molecule has 0 amide bonds. The van der Waals surface area contributed by atoms with Crippen LogP contribution in [0, 0.1) is 0 Å². The SMILES string of the molecule is FC(F)(F)Oc1ccc(Nc2ccc(Nc3ccc(OC(F)(F)F)cc3)cc2)cc1. The van der Waals surface area contributed by atoms with Crippen molar-refractivity contribution in [1.82, 2.24) is 0 Å². The van der Waals surface area contributed by atoms with Crippen molar-refractivity contribution < 1.29 is 35.8 Å². The van der Waals surface area contributed by atoms with Gasteiger partial charge in [-0.15, -0.1) is 26.3 Å². The van der Waals surface area contributed by atoms with E-state index in [1.807, 2.05) is 0 Å². The number of rotatable bonds is 6. The first-order valence-electron chi connectivity index (χ1n) is 8.41. The highest BCUT2D eigenvalue weighted by Crippen LogP contribution is 2.27. The minimum absolute atomic E-state index is 0.320. The zero-order chi connectivity index (χ0) is 21.8. The van der Waals surface area contributed by atoms with Crippen LogP contribution in [0.3, 0.4) is 0 Å². The van der Waals surface area contributed by atoms with Crippen LogP contribution in [0.15, 0.2) is 72.8 Å². The summed E-state index contributed by atoms with van der Waals surface area (Å²) < 4.78 is 80.7. The van der Waals surface area contributed by atoms with Gasteiger partial charge in [0.05, 0.1) is 0 Å². The Bertz CT molecular complexity index is 873. The number of alkyl halides is 6. The van der Waals surface area contributed by atoms with Gasteiger partial charge in [0, 0.05) is 22.7 Å². The Hall–Kier alpha value is -3.56. The van der Waals surface area contributed by atoms with E-state index in [2.05, 4.69) is 20.1 Å². The summed E-state index contributed by atoms with van der Waals surface area (Å²) in [6.07, 6.45) is -9.49. The summed E-state index contributed by atoms with van der Waals surface area (Å²) >= 11 is 0. The van der Waals surface area contributed by atoms with Gasteiger partial charge in [0.1, 0.15) is 11.5 Å². The van der Waals surface area contributed by atoms with E-state index < -0.39 is 12.7 Å². The highest BCUT2D eigenvalue weighted by molar-refractivity contribution is 5.66. The van der Waals surface area contributed by atoms with E-state index in [-0.39, 0.29) is 11.5 Å². The van der Waals surface area contributed by atoms with E-state index in [1.54, 1.807) is 24.3 Å². The lowest BCUT2D eigenvalue weighted by atomic mass is 10.2. The fourth-order valence-electron chi connectivity index (χ4n) is 2.45. The van der Waals surface area contributed by atoms with Gasteiger partial charge in [-0.1, -0.05) is 0 Å². The van der Waals surface area contributed by atoms with Gasteiger partial charge >= 0.3 is 12.7 Å². The number of hydrogen-bond acceptors (Lipinski definition) is 4. The van der Waals surface area contributed by atoms with Crippen molar-refractivity contribution >= 4 is 22.7 Å². The lowest BCUT2D eigenvalue weighted by molar-refractivity contribution is -0.275. The van der Waals surface area contributed by atoms with Crippen molar-refractivity contribution in [3.8, 4) is 11.5 Å². The minimum atomic E-state index is -4.75. The largest absolute Gasteiger partial charge is 0.573 e. The monoisotopic (exact) mass is 428 g/mol. The molecule has 3 rings (SSSR count). The maximum atomic E-state index is 12.2. The van der Waals surface area contributed by atoms with Gasteiger partial charge in [-0.3, -0.25) is 0 Å². The van der Waals surface area contributed by atoms with E-state index in [0.717, 1.165) is 0 Å². The molecule has 0 saturated carbocycles. The predicted octanol–water partition coefficient (Wildman–Crippen LogP) is 6.97. The Morgan fingerprint density at radius 3 is 0.900 bits per heavy atom. The minimum Gasteiger partial charge on any atom is -0.406 e. The first-order chi connectivity index (χ1) is 14.1. The highest BCUT2D eigenvalue weighted by Gasteiger charge is 2.31. The van der Waals surface area contributed by atoms with Gasteiger partial charge in [-0.05, 0) is 72.8 Å². The van der Waals surface area contributed by atoms with Crippen LogP contribution in [0.25, 0.3) is 0 Å². The number of ether oxygens (including phenoxy) is 2. The van der Waals surface area contributed by atoms with E-state index in [9.17, 15) is 26.3 Å². The third-order valence-electron chi connectivity index (χ3n) is 3.64. The van der Waals surface area contributed by atoms with E-state index in [0.29, 0.717) is 22.7 Å². The van der Waals surface area contributed by atoms with Crippen LogP contribution in [-0.4, -0.2) is 12.7 Å². The van der Waals surface area contributed by atoms with Crippen molar-refractivity contribution in [3.63, 3.8) is 0 Å². The summed E-state index contributed by atoms with van der Waals surface area (Å²) in [6, 6.07) is 17.4. The molecule has 3 aromatic carbocycles. The maximum Gasteiger partial charge on any atom is 0.573 e. The average molecular weight is 428 g/mol. The lowest BCUT2D eigenvalue weighted by Crippen LogP contribution is -2.17. The molecule has 0 unspecified atom stereocenters. The molecular weight excluding hydrogens is 414 g/mol. The zero-order valence-corrected chi connectivity index (χ0v) is 15.0. The second-order valence-corrected chi connectivity index (χ2v) is 5.97. The van der Waals surface area contributed by atoms with Crippen molar-refractivity contribution in [2.24, 2.45) is 0 Å². The topological polar surface area (TPSA) is 42.5 Å². The Balaban J connectivity index is 1.57. The number of hydrogen-bond donors (Lipinski definition) is 2. The van der Waals surface area contributed by atoms with Gasteiger partial charge in [0.2, 0.25) is 0 Å². The van der Waals surface area contributed by atoms with Crippen LogP contribution in [0.1, 0.15) is 0 Å². The lowest BCUT2D eigenvalue weighted by Gasteiger charge is -2.12. The molecule has 3 aromatic rings. The van der Waals surface area contributed by atoms with Crippen LogP contribution in [-0.2, 0) is 0 Å². The number of nitrogens with one attached hydrogen (secondary N) is 2. The molecule has 0 aromatic heterocycles. The van der Waals surface area contributed by atoms with Crippen molar-refractivity contribution in [2.45, 2.75) is 12.7 Å². The average Bonchev–Trinajstić information content (AvgIpc) is 2.64. The molecule has 2 N–H and O–H groups in total. The van der Waals surface area contributed by atoms with Gasteiger partial charge < -0.3 is 20.1 Å². The Kier molecular flexibility index (Phi) is 5.95. The normalized spacial score (nSPS) is 11.7. The van der Waals surface area contributed by atoms with Crippen molar-refractivity contribution in [2.75, 3.05) is 10.6 Å². The first kappa shape index (κ1) is 21.2. The smallest absolute Gasteiger partial charge is 0.406 e. The number of anilines is 4. The summed E-state index contributed by atoms with van der Waals surface area (Å²) in [5.74, 6) is -0.640. The molecule has 0 fully saturated rings. The van der Waals surface area contributed by atoms with Gasteiger partial charge in [-0.2, -0.15) is 0 Å². The Morgan fingerprint density at radius 2 is 0.667 bits per heavy atom. The van der Waals surface area contributed by atoms with Crippen molar-refractivity contribution in [3.05, 3.63) is 72.8 Å². The van der Waals surface area contributed by atoms with Gasteiger partial charge in [-0.25, -0.2) is 0 Å². The third-order valence-corrected chi connectivity index (χ3v) is 3.64. The molecule has 0 heterocycles. The van der Waals surface area contributed by atoms with E-state index in [4.69, 9.17) is 0 Å². The molecule has 158 valence electrons. The standard InChI is InChI=1S/C20H14F6N2O2/c21-19(22,23)29-17-9-5-15(6-10-17)27-13-1-2-14(4-3-13)28-16-7-11-18(12-8-16)30-20(24,25)26/h1-12,27-28H. The summed E-state index contributed by atoms with van der Waals surface area (Å²) in [5, 5.41) is 6.05. The molecule has 0 atom stereocenters. The quantitative estimate of drug-likeness (QED) is 0.416. The summed E-state index contributed by atoms with van der Waals surface area (Å²) in [6.45, 7) is 0. The first-order valence-corrected chi connectivity index (χ1v) is 8.41. The Labute approximate surface area is 167 Å². The zero-order valence-electron chi connectivity index (χ0n) is 15.0. The van der Waals surface area contributed by atoms with E-state index >= 15 is 0 Å². The van der Waals surface area contributed by atoms with Crippen LogP contribution < -0.4 is 20.1 Å². The number of benzene rings is 3. The van der Waals surface area contributed by atoms with Gasteiger partial charge in [0.25, 0.3) is 0 Å². The van der Waals surface area contributed by atoms with Gasteiger partial charge in [0.15, 0.2) is 0 Å². The highest BCUT2D eigenvalue weighted by atomic mass is 19.4. The molecule has 10 heteroatoms. The molecule has 30 heavy (non-hydrogen) atoms. The molecule has 0 aliphatic rings. The summed E-state index contributed by atoms with van der Waals surface area (Å²) in [5.41, 5.74) is 2.48. The Morgan fingerprint density at radius 1 is 0.433 bits per heavy atom. The van der Waals surface area contributed by atoms with Crippen LogP contribution in [0.4, 0.5) is 49.1 Å². The van der Waals surface area contributed by atoms with E-state index in [1.165, 1.54) is 48.5 Å². The number of halogens is 6. The molecule has 0 spiro atoms. The molecule has 0 aliphatic heterocycles. The molecule has 4 nitrogen and oxygen atoms in total. The fourth-order valence-corrected chi connectivity index (χ4v) is 2.45. The molecule has 0 saturated heterocycles.